The minimum atomic E-state index is -0.0655. The second kappa shape index (κ2) is 8.16. The van der Waals surface area contributed by atoms with E-state index >= 15 is 0 Å². The Morgan fingerprint density at radius 1 is 1.48 bits per heavy atom. The van der Waals surface area contributed by atoms with E-state index < -0.39 is 0 Å². The normalized spacial score (nSPS) is 10.6. The summed E-state index contributed by atoms with van der Waals surface area (Å²) in [5.74, 6) is 0.880. The van der Waals surface area contributed by atoms with Gasteiger partial charge in [0.05, 0.1) is 12.4 Å². The third-order valence-corrected chi connectivity index (χ3v) is 4.09. The third kappa shape index (κ3) is 4.83. The second-order valence-corrected chi connectivity index (χ2v) is 5.87. The van der Waals surface area contributed by atoms with Crippen molar-refractivity contribution in [3.05, 3.63) is 28.7 Å². The Hall–Kier alpha value is -1.38. The van der Waals surface area contributed by atoms with Gasteiger partial charge in [-0.25, -0.2) is 4.98 Å². The standard InChI is InChI=1S/C13H15BrN4O2S/c1-20-7-6-15-11(19)8-21-13-16-12(17-18-13)9-4-2-3-5-10(9)14/h2-5H,6-8H2,1H3,(H,15,19)(H,16,17,18). The number of methoxy groups -OCH3 is 1. The van der Waals surface area contributed by atoms with Crippen molar-refractivity contribution in [1.82, 2.24) is 20.5 Å². The van der Waals surface area contributed by atoms with Crippen LogP contribution in [0.3, 0.4) is 0 Å². The fourth-order valence-electron chi connectivity index (χ4n) is 1.56. The van der Waals surface area contributed by atoms with Crippen LogP contribution in [0.4, 0.5) is 0 Å². The maximum Gasteiger partial charge on any atom is 0.230 e. The van der Waals surface area contributed by atoms with Crippen LogP contribution < -0.4 is 5.32 Å². The van der Waals surface area contributed by atoms with E-state index in [2.05, 4.69) is 36.4 Å². The number of rotatable bonds is 7. The Labute approximate surface area is 135 Å². The third-order valence-electron chi connectivity index (χ3n) is 2.55. The molecule has 0 atom stereocenters. The molecule has 2 N–H and O–H groups in total. The number of aromatic amines is 1. The number of benzene rings is 1. The van der Waals surface area contributed by atoms with Gasteiger partial charge in [0.15, 0.2) is 5.82 Å². The number of H-pyrrole nitrogens is 1. The zero-order valence-electron chi connectivity index (χ0n) is 11.4. The van der Waals surface area contributed by atoms with Crippen LogP contribution in [-0.4, -0.2) is 47.1 Å². The number of aromatic nitrogens is 3. The van der Waals surface area contributed by atoms with Gasteiger partial charge in [-0.05, 0) is 6.07 Å². The van der Waals surface area contributed by atoms with Crippen molar-refractivity contribution in [1.29, 1.82) is 0 Å². The van der Waals surface area contributed by atoms with E-state index in [0.717, 1.165) is 10.0 Å². The van der Waals surface area contributed by atoms with E-state index in [0.29, 0.717) is 24.1 Å². The Kier molecular flexibility index (Phi) is 6.21. The van der Waals surface area contributed by atoms with Gasteiger partial charge in [0.1, 0.15) is 0 Å². The second-order valence-electron chi connectivity index (χ2n) is 4.08. The van der Waals surface area contributed by atoms with Gasteiger partial charge in [-0.2, -0.15) is 0 Å². The summed E-state index contributed by atoms with van der Waals surface area (Å²) in [5, 5.41) is 10.3. The number of amides is 1. The highest BCUT2D eigenvalue weighted by Crippen LogP contribution is 2.26. The van der Waals surface area contributed by atoms with Gasteiger partial charge in [0.2, 0.25) is 11.1 Å². The Morgan fingerprint density at radius 3 is 3.05 bits per heavy atom. The molecule has 0 aliphatic carbocycles. The van der Waals surface area contributed by atoms with Crippen LogP contribution in [-0.2, 0) is 9.53 Å². The summed E-state index contributed by atoms with van der Waals surface area (Å²) < 4.78 is 5.80. The van der Waals surface area contributed by atoms with Gasteiger partial charge in [0, 0.05) is 23.7 Å². The number of halogens is 1. The lowest BCUT2D eigenvalue weighted by Crippen LogP contribution is -2.28. The van der Waals surface area contributed by atoms with Gasteiger partial charge in [-0.15, -0.1) is 5.10 Å². The van der Waals surface area contributed by atoms with Gasteiger partial charge in [-0.3, -0.25) is 9.89 Å². The minimum absolute atomic E-state index is 0.0655. The number of nitrogens with one attached hydrogen (secondary N) is 2. The van der Waals surface area contributed by atoms with Crippen molar-refractivity contribution in [3.8, 4) is 11.4 Å². The molecule has 0 saturated carbocycles. The molecule has 21 heavy (non-hydrogen) atoms. The van der Waals surface area contributed by atoms with E-state index in [9.17, 15) is 4.79 Å². The van der Waals surface area contributed by atoms with Gasteiger partial charge in [-0.1, -0.05) is 45.9 Å². The first-order valence-electron chi connectivity index (χ1n) is 6.26. The molecular weight excluding hydrogens is 356 g/mol. The van der Waals surface area contributed by atoms with Crippen molar-refractivity contribution in [2.24, 2.45) is 0 Å². The van der Waals surface area contributed by atoms with Crippen LogP contribution in [0.5, 0.6) is 0 Å². The molecule has 0 saturated heterocycles. The molecule has 6 nitrogen and oxygen atoms in total. The average Bonchev–Trinajstić information content (AvgIpc) is 2.94. The Bertz CT molecular complexity index is 605. The van der Waals surface area contributed by atoms with Crippen LogP contribution >= 0.6 is 27.7 Å². The average molecular weight is 371 g/mol. The minimum Gasteiger partial charge on any atom is -0.383 e. The summed E-state index contributed by atoms with van der Waals surface area (Å²) in [7, 11) is 1.60. The largest absolute Gasteiger partial charge is 0.383 e. The van der Waals surface area contributed by atoms with Crippen molar-refractivity contribution in [3.63, 3.8) is 0 Å². The predicted octanol–water partition coefficient (Wildman–Crippen LogP) is 2.09. The van der Waals surface area contributed by atoms with Gasteiger partial charge in [0.25, 0.3) is 0 Å². The highest BCUT2D eigenvalue weighted by Gasteiger charge is 2.10. The van der Waals surface area contributed by atoms with Crippen molar-refractivity contribution in [2.45, 2.75) is 5.16 Å². The summed E-state index contributed by atoms with van der Waals surface area (Å²) in [6.07, 6.45) is 0. The Balaban J connectivity index is 1.89. The summed E-state index contributed by atoms with van der Waals surface area (Å²) >= 11 is 4.76. The van der Waals surface area contributed by atoms with E-state index in [1.165, 1.54) is 11.8 Å². The van der Waals surface area contributed by atoms with E-state index in [1.54, 1.807) is 7.11 Å². The van der Waals surface area contributed by atoms with Gasteiger partial charge < -0.3 is 10.1 Å². The molecule has 0 radical (unpaired) electrons. The van der Waals surface area contributed by atoms with E-state index in [1.807, 2.05) is 24.3 Å². The lowest BCUT2D eigenvalue weighted by molar-refractivity contribution is -0.118. The molecule has 1 aromatic carbocycles. The monoisotopic (exact) mass is 370 g/mol. The molecule has 0 unspecified atom stereocenters. The first-order valence-corrected chi connectivity index (χ1v) is 8.04. The van der Waals surface area contributed by atoms with Crippen molar-refractivity contribution >= 4 is 33.6 Å². The number of carbonyl (C=O) groups is 1. The molecule has 2 aromatic rings. The van der Waals surface area contributed by atoms with Crippen molar-refractivity contribution < 1.29 is 9.53 Å². The molecule has 0 aliphatic rings. The molecule has 8 heteroatoms. The molecule has 0 bridgehead atoms. The highest BCUT2D eigenvalue weighted by molar-refractivity contribution is 9.10. The summed E-state index contributed by atoms with van der Waals surface area (Å²) in [4.78, 5) is 15.9. The van der Waals surface area contributed by atoms with E-state index in [-0.39, 0.29) is 11.7 Å². The molecule has 0 fully saturated rings. The fourth-order valence-corrected chi connectivity index (χ4v) is 2.66. The van der Waals surface area contributed by atoms with Crippen LogP contribution in [0.2, 0.25) is 0 Å². The van der Waals surface area contributed by atoms with Crippen LogP contribution in [0.25, 0.3) is 11.4 Å². The number of hydrogen-bond donors (Lipinski definition) is 2. The van der Waals surface area contributed by atoms with Crippen LogP contribution in [0, 0.1) is 0 Å². The summed E-state index contributed by atoms with van der Waals surface area (Å²) in [5.41, 5.74) is 0.932. The van der Waals surface area contributed by atoms with Crippen LogP contribution in [0.1, 0.15) is 0 Å². The molecule has 112 valence electrons. The number of thioether (sulfide) groups is 1. The molecule has 1 heterocycles. The summed E-state index contributed by atoms with van der Waals surface area (Å²) in [6.45, 7) is 1.01. The smallest absolute Gasteiger partial charge is 0.230 e. The maximum absolute atomic E-state index is 11.6. The lowest BCUT2D eigenvalue weighted by Gasteiger charge is -2.02. The number of hydrogen-bond acceptors (Lipinski definition) is 5. The first-order chi connectivity index (χ1) is 10.2. The molecular formula is C13H15BrN4O2S. The summed E-state index contributed by atoms with van der Waals surface area (Å²) in [6, 6.07) is 7.74. The number of ether oxygens (including phenoxy) is 1. The molecule has 0 aliphatic heterocycles. The maximum atomic E-state index is 11.6. The van der Waals surface area contributed by atoms with E-state index in [4.69, 9.17) is 4.74 Å². The molecule has 1 amide bonds. The lowest BCUT2D eigenvalue weighted by atomic mass is 10.2. The molecule has 2 rings (SSSR count). The highest BCUT2D eigenvalue weighted by atomic mass is 79.9. The number of carbonyl (C=O) groups excluding carboxylic acids is 1. The number of nitrogens with zero attached hydrogens (tertiary/aromatic N) is 2. The van der Waals surface area contributed by atoms with Crippen molar-refractivity contribution in [2.75, 3.05) is 26.0 Å². The first kappa shape index (κ1) is 16.0. The Morgan fingerprint density at radius 2 is 2.29 bits per heavy atom. The topological polar surface area (TPSA) is 79.9 Å². The van der Waals surface area contributed by atoms with Gasteiger partial charge >= 0.3 is 0 Å². The zero-order valence-corrected chi connectivity index (χ0v) is 13.8. The van der Waals surface area contributed by atoms with Crippen LogP contribution in [0.15, 0.2) is 33.9 Å². The molecule has 0 spiro atoms. The predicted molar refractivity (Wildman–Crippen MR) is 85.1 cm³/mol. The fraction of sp³-hybridized carbons (Fsp3) is 0.308. The zero-order chi connectivity index (χ0) is 15.1. The quantitative estimate of drug-likeness (QED) is 0.576. The SMILES string of the molecule is COCCNC(=O)CSc1n[nH]c(-c2ccccc2Br)n1. The molecule has 1 aromatic heterocycles.